The van der Waals surface area contributed by atoms with Gasteiger partial charge in [-0.2, -0.15) is 5.26 Å². The number of likely N-dealkylation sites (tertiary alicyclic amines) is 1. The molecule has 0 aliphatic carbocycles. The summed E-state index contributed by atoms with van der Waals surface area (Å²) < 4.78 is 0. The van der Waals surface area contributed by atoms with E-state index in [1.54, 1.807) is 36.7 Å². The van der Waals surface area contributed by atoms with E-state index < -0.39 is 0 Å². The SMILES string of the molecule is N#Cc1cccc(C(=O)N2CCCC2c2ccncc2)c1. The molecule has 2 heterocycles. The third-order valence-corrected chi connectivity index (χ3v) is 3.84. The summed E-state index contributed by atoms with van der Waals surface area (Å²) >= 11 is 0. The van der Waals surface area contributed by atoms with Crippen molar-refractivity contribution >= 4 is 5.91 Å². The van der Waals surface area contributed by atoms with E-state index in [4.69, 9.17) is 5.26 Å². The lowest BCUT2D eigenvalue weighted by molar-refractivity contribution is 0.0735. The first kappa shape index (κ1) is 13.3. The Morgan fingerprint density at radius 1 is 1.29 bits per heavy atom. The Morgan fingerprint density at radius 3 is 2.86 bits per heavy atom. The molecule has 1 aromatic carbocycles. The topological polar surface area (TPSA) is 57.0 Å². The summed E-state index contributed by atoms with van der Waals surface area (Å²) in [5.41, 5.74) is 2.21. The zero-order valence-corrected chi connectivity index (χ0v) is 11.6. The van der Waals surface area contributed by atoms with Gasteiger partial charge in [0.1, 0.15) is 0 Å². The molecule has 1 aliphatic rings. The molecule has 4 nitrogen and oxygen atoms in total. The molecule has 1 saturated heterocycles. The highest BCUT2D eigenvalue weighted by Gasteiger charge is 2.30. The van der Waals surface area contributed by atoms with E-state index in [0.717, 1.165) is 24.9 Å². The van der Waals surface area contributed by atoms with Gasteiger partial charge >= 0.3 is 0 Å². The summed E-state index contributed by atoms with van der Waals surface area (Å²) in [6.07, 6.45) is 5.48. The maximum Gasteiger partial charge on any atom is 0.254 e. The van der Waals surface area contributed by atoms with E-state index in [2.05, 4.69) is 11.1 Å². The van der Waals surface area contributed by atoms with Crippen LogP contribution in [0, 0.1) is 11.3 Å². The Balaban J connectivity index is 1.88. The highest BCUT2D eigenvalue weighted by atomic mass is 16.2. The summed E-state index contributed by atoms with van der Waals surface area (Å²) in [5.74, 6) is -0.00795. The highest BCUT2D eigenvalue weighted by Crippen LogP contribution is 2.32. The Hall–Kier alpha value is -2.67. The molecule has 1 amide bonds. The van der Waals surface area contributed by atoms with Crippen LogP contribution in [-0.2, 0) is 0 Å². The van der Waals surface area contributed by atoms with Crippen LogP contribution in [-0.4, -0.2) is 22.3 Å². The van der Waals surface area contributed by atoms with E-state index in [0.29, 0.717) is 11.1 Å². The monoisotopic (exact) mass is 277 g/mol. The van der Waals surface area contributed by atoms with Gasteiger partial charge in [-0.1, -0.05) is 6.07 Å². The second-order valence-corrected chi connectivity index (χ2v) is 5.13. The number of hydrogen-bond acceptors (Lipinski definition) is 3. The molecule has 1 aliphatic heterocycles. The van der Waals surface area contributed by atoms with E-state index >= 15 is 0 Å². The lowest BCUT2D eigenvalue weighted by Gasteiger charge is -2.25. The Morgan fingerprint density at radius 2 is 2.10 bits per heavy atom. The predicted octanol–water partition coefficient (Wildman–Crippen LogP) is 2.93. The normalized spacial score (nSPS) is 17.5. The molecular formula is C17H15N3O. The second-order valence-electron chi connectivity index (χ2n) is 5.13. The third-order valence-electron chi connectivity index (χ3n) is 3.84. The van der Waals surface area contributed by atoms with Gasteiger partial charge in [0.15, 0.2) is 0 Å². The summed E-state index contributed by atoms with van der Waals surface area (Å²) in [6, 6.07) is 13.0. The summed E-state index contributed by atoms with van der Waals surface area (Å²) in [4.78, 5) is 18.6. The van der Waals surface area contributed by atoms with Crippen LogP contribution in [0.4, 0.5) is 0 Å². The van der Waals surface area contributed by atoms with Crippen molar-refractivity contribution in [1.29, 1.82) is 5.26 Å². The Kier molecular flexibility index (Phi) is 3.65. The molecule has 1 fully saturated rings. The van der Waals surface area contributed by atoms with Crippen molar-refractivity contribution in [2.45, 2.75) is 18.9 Å². The molecule has 1 unspecified atom stereocenters. The fourth-order valence-corrected chi connectivity index (χ4v) is 2.83. The maximum atomic E-state index is 12.7. The summed E-state index contributed by atoms with van der Waals surface area (Å²) in [6.45, 7) is 0.753. The van der Waals surface area contributed by atoms with Crippen LogP contribution < -0.4 is 0 Å². The van der Waals surface area contributed by atoms with Crippen LogP contribution in [0.15, 0.2) is 48.8 Å². The van der Waals surface area contributed by atoms with E-state index in [9.17, 15) is 4.79 Å². The lowest BCUT2D eigenvalue weighted by Crippen LogP contribution is -2.30. The molecule has 4 heteroatoms. The number of nitriles is 1. The first-order valence-corrected chi connectivity index (χ1v) is 7.00. The van der Waals surface area contributed by atoms with Crippen molar-refractivity contribution in [2.75, 3.05) is 6.54 Å². The molecule has 2 aromatic rings. The number of carbonyl (C=O) groups is 1. The molecule has 104 valence electrons. The number of pyridine rings is 1. The number of hydrogen-bond donors (Lipinski definition) is 0. The molecule has 0 spiro atoms. The van der Waals surface area contributed by atoms with E-state index in [-0.39, 0.29) is 11.9 Å². The molecular weight excluding hydrogens is 262 g/mol. The molecule has 0 N–H and O–H groups in total. The van der Waals surface area contributed by atoms with Crippen LogP contribution in [0.25, 0.3) is 0 Å². The predicted molar refractivity (Wildman–Crippen MR) is 78.4 cm³/mol. The molecule has 1 aromatic heterocycles. The fraction of sp³-hybridized carbons (Fsp3) is 0.235. The Labute approximate surface area is 123 Å². The summed E-state index contributed by atoms with van der Waals surface area (Å²) in [5, 5.41) is 8.96. The third kappa shape index (κ3) is 2.63. The van der Waals surface area contributed by atoms with Gasteiger partial charge in [-0.3, -0.25) is 9.78 Å². The molecule has 1 atom stereocenters. The largest absolute Gasteiger partial charge is 0.332 e. The minimum absolute atomic E-state index is 0.00795. The number of amides is 1. The standard InChI is InChI=1S/C17H15N3O/c18-12-13-3-1-4-15(11-13)17(21)20-10-2-5-16(20)14-6-8-19-9-7-14/h1,3-4,6-9,11,16H,2,5,10H2. The van der Waals surface area contributed by atoms with Crippen LogP contribution >= 0.6 is 0 Å². The number of rotatable bonds is 2. The van der Waals surface area contributed by atoms with Crippen molar-refractivity contribution in [3.63, 3.8) is 0 Å². The van der Waals surface area contributed by atoms with Gasteiger partial charge in [0.25, 0.3) is 5.91 Å². The average Bonchev–Trinajstić information content (AvgIpc) is 3.04. The smallest absolute Gasteiger partial charge is 0.254 e. The van der Waals surface area contributed by atoms with Crippen molar-refractivity contribution < 1.29 is 4.79 Å². The molecule has 21 heavy (non-hydrogen) atoms. The zero-order chi connectivity index (χ0) is 14.7. The highest BCUT2D eigenvalue weighted by molar-refractivity contribution is 5.95. The minimum atomic E-state index is -0.00795. The van der Waals surface area contributed by atoms with E-state index in [1.165, 1.54) is 0 Å². The maximum absolute atomic E-state index is 12.7. The number of nitrogens with zero attached hydrogens (tertiary/aromatic N) is 3. The average molecular weight is 277 g/mol. The molecule has 0 bridgehead atoms. The van der Waals surface area contributed by atoms with Crippen LogP contribution in [0.5, 0.6) is 0 Å². The fourth-order valence-electron chi connectivity index (χ4n) is 2.83. The van der Waals surface area contributed by atoms with Crippen LogP contribution in [0.1, 0.15) is 40.4 Å². The zero-order valence-electron chi connectivity index (χ0n) is 11.6. The molecule has 3 rings (SSSR count). The Bertz CT molecular complexity index is 691. The van der Waals surface area contributed by atoms with Crippen molar-refractivity contribution in [2.24, 2.45) is 0 Å². The number of carbonyl (C=O) groups excluding carboxylic acids is 1. The first-order chi connectivity index (χ1) is 10.3. The van der Waals surface area contributed by atoms with E-state index in [1.807, 2.05) is 17.0 Å². The molecule has 0 radical (unpaired) electrons. The van der Waals surface area contributed by atoms with Gasteiger partial charge in [-0.15, -0.1) is 0 Å². The van der Waals surface area contributed by atoms with Crippen LogP contribution in [0.3, 0.4) is 0 Å². The number of benzene rings is 1. The lowest BCUT2D eigenvalue weighted by atomic mass is 10.0. The van der Waals surface area contributed by atoms with Crippen molar-refractivity contribution in [1.82, 2.24) is 9.88 Å². The quantitative estimate of drug-likeness (QED) is 0.848. The first-order valence-electron chi connectivity index (χ1n) is 7.00. The van der Waals surface area contributed by atoms with Gasteiger partial charge in [-0.05, 0) is 48.7 Å². The molecule has 0 saturated carbocycles. The number of aromatic nitrogens is 1. The minimum Gasteiger partial charge on any atom is -0.332 e. The van der Waals surface area contributed by atoms with Gasteiger partial charge in [0, 0.05) is 24.5 Å². The van der Waals surface area contributed by atoms with Gasteiger partial charge in [0.05, 0.1) is 17.7 Å². The van der Waals surface area contributed by atoms with Crippen molar-refractivity contribution in [3.8, 4) is 6.07 Å². The van der Waals surface area contributed by atoms with Crippen molar-refractivity contribution in [3.05, 3.63) is 65.5 Å². The second kappa shape index (κ2) is 5.76. The summed E-state index contributed by atoms with van der Waals surface area (Å²) in [7, 11) is 0. The van der Waals surface area contributed by atoms with Gasteiger partial charge in [-0.25, -0.2) is 0 Å². The van der Waals surface area contributed by atoms with Crippen LogP contribution in [0.2, 0.25) is 0 Å². The van der Waals surface area contributed by atoms with Gasteiger partial charge < -0.3 is 4.90 Å². The van der Waals surface area contributed by atoms with Gasteiger partial charge in [0.2, 0.25) is 0 Å².